The van der Waals surface area contributed by atoms with Crippen LogP contribution in [0.1, 0.15) is 19.3 Å². The molecule has 1 aliphatic carbocycles. The number of carboxylic acid groups (broad SMARTS) is 1. The molecule has 0 saturated heterocycles. The van der Waals surface area contributed by atoms with E-state index in [0.717, 1.165) is 12.8 Å². The van der Waals surface area contributed by atoms with E-state index in [0.29, 0.717) is 18.7 Å². The molecule has 0 heterocycles. The molecule has 0 aromatic heterocycles. The molecule has 13 heavy (non-hydrogen) atoms. The number of hydrogen-bond donors (Lipinski definition) is 1. The van der Waals surface area contributed by atoms with Crippen LogP contribution >= 0.6 is 0 Å². The molecule has 4 nitrogen and oxygen atoms in total. The Balaban J connectivity index is 2.12. The Morgan fingerprint density at radius 3 is 2.69 bits per heavy atom. The monoisotopic (exact) mass is 187 g/mol. The average Bonchev–Trinajstić information content (AvgIpc) is 1.99. The lowest BCUT2D eigenvalue weighted by molar-refractivity contribution is -0.137. The second kappa shape index (κ2) is 4.58. The smallest absolute Gasteiger partial charge is 0.304 e. The Hall–Kier alpha value is -0.610. The van der Waals surface area contributed by atoms with Gasteiger partial charge in [-0.2, -0.15) is 0 Å². The van der Waals surface area contributed by atoms with E-state index in [1.165, 1.54) is 0 Å². The third-order valence-corrected chi connectivity index (χ3v) is 2.70. The second-order valence-corrected chi connectivity index (χ2v) is 3.61. The van der Waals surface area contributed by atoms with Gasteiger partial charge < -0.3 is 14.7 Å². The van der Waals surface area contributed by atoms with Gasteiger partial charge in [-0.15, -0.1) is 0 Å². The molecular weight excluding hydrogens is 170 g/mol. The standard InChI is InChI=1S/C9H17NO3/c1-10(4-3-9(11)12)7-5-8(6-7)13-2/h7-8H,3-6H2,1-2H3,(H,11,12). The molecule has 1 fully saturated rings. The van der Waals surface area contributed by atoms with Crippen molar-refractivity contribution in [3.8, 4) is 0 Å². The van der Waals surface area contributed by atoms with E-state index in [1.54, 1.807) is 7.11 Å². The highest BCUT2D eigenvalue weighted by molar-refractivity contribution is 5.66. The zero-order valence-electron chi connectivity index (χ0n) is 8.19. The number of aliphatic carboxylic acids is 1. The van der Waals surface area contributed by atoms with Crippen LogP contribution in [0.4, 0.5) is 0 Å². The lowest BCUT2D eigenvalue weighted by Gasteiger charge is -2.40. The predicted octanol–water partition coefficient (Wildman–Crippen LogP) is 0.570. The quantitative estimate of drug-likeness (QED) is 0.683. The summed E-state index contributed by atoms with van der Waals surface area (Å²) in [5.41, 5.74) is 0. The molecule has 0 aliphatic heterocycles. The molecule has 1 rings (SSSR count). The third-order valence-electron chi connectivity index (χ3n) is 2.70. The van der Waals surface area contributed by atoms with Crippen LogP contribution < -0.4 is 0 Å². The minimum atomic E-state index is -0.727. The van der Waals surface area contributed by atoms with Gasteiger partial charge in [0.2, 0.25) is 0 Å². The molecule has 0 aromatic rings. The van der Waals surface area contributed by atoms with Crippen LogP contribution in [-0.2, 0) is 9.53 Å². The molecule has 0 spiro atoms. The first kappa shape index (κ1) is 10.5. The minimum absolute atomic E-state index is 0.227. The highest BCUT2D eigenvalue weighted by atomic mass is 16.5. The van der Waals surface area contributed by atoms with Crippen molar-refractivity contribution in [2.75, 3.05) is 20.7 Å². The largest absolute Gasteiger partial charge is 0.481 e. The van der Waals surface area contributed by atoms with E-state index in [2.05, 4.69) is 4.90 Å². The number of carboxylic acids is 1. The summed E-state index contributed by atoms with van der Waals surface area (Å²) in [5, 5.41) is 8.48. The summed E-state index contributed by atoms with van der Waals surface area (Å²) in [7, 11) is 3.69. The van der Waals surface area contributed by atoms with E-state index in [-0.39, 0.29) is 6.42 Å². The Bertz CT molecular complexity index is 178. The van der Waals surface area contributed by atoms with Crippen molar-refractivity contribution in [2.24, 2.45) is 0 Å². The van der Waals surface area contributed by atoms with Crippen molar-refractivity contribution in [3.63, 3.8) is 0 Å². The topological polar surface area (TPSA) is 49.8 Å². The second-order valence-electron chi connectivity index (χ2n) is 3.61. The van der Waals surface area contributed by atoms with Gasteiger partial charge in [-0.05, 0) is 19.9 Å². The van der Waals surface area contributed by atoms with Crippen molar-refractivity contribution in [2.45, 2.75) is 31.4 Å². The molecule has 0 amide bonds. The minimum Gasteiger partial charge on any atom is -0.481 e. The molecule has 0 radical (unpaired) electrons. The van der Waals surface area contributed by atoms with Crippen molar-refractivity contribution in [1.82, 2.24) is 4.90 Å². The number of ether oxygens (including phenoxy) is 1. The highest BCUT2D eigenvalue weighted by Gasteiger charge is 2.31. The van der Waals surface area contributed by atoms with E-state index in [9.17, 15) is 4.79 Å². The van der Waals surface area contributed by atoms with Crippen LogP contribution in [0.15, 0.2) is 0 Å². The molecule has 1 saturated carbocycles. The van der Waals surface area contributed by atoms with Crippen molar-refractivity contribution < 1.29 is 14.6 Å². The van der Waals surface area contributed by atoms with E-state index >= 15 is 0 Å². The molecule has 0 atom stereocenters. The Morgan fingerprint density at radius 1 is 1.62 bits per heavy atom. The maximum Gasteiger partial charge on any atom is 0.304 e. The van der Waals surface area contributed by atoms with Crippen molar-refractivity contribution in [3.05, 3.63) is 0 Å². The van der Waals surface area contributed by atoms with Gasteiger partial charge in [-0.1, -0.05) is 0 Å². The summed E-state index contributed by atoms with van der Waals surface area (Å²) < 4.78 is 5.15. The summed E-state index contributed by atoms with van der Waals surface area (Å²) in [4.78, 5) is 12.4. The predicted molar refractivity (Wildman–Crippen MR) is 48.7 cm³/mol. The normalized spacial score (nSPS) is 27.3. The van der Waals surface area contributed by atoms with Gasteiger partial charge in [0.05, 0.1) is 12.5 Å². The average molecular weight is 187 g/mol. The van der Waals surface area contributed by atoms with Gasteiger partial charge in [0, 0.05) is 19.7 Å². The first-order chi connectivity index (χ1) is 6.13. The van der Waals surface area contributed by atoms with Crippen molar-refractivity contribution >= 4 is 5.97 Å². The lowest BCUT2D eigenvalue weighted by atomic mass is 9.88. The summed E-state index contributed by atoms with van der Waals surface area (Å²) in [6.45, 7) is 0.635. The van der Waals surface area contributed by atoms with Crippen LogP contribution in [-0.4, -0.2) is 48.8 Å². The number of rotatable bonds is 5. The van der Waals surface area contributed by atoms with Gasteiger partial charge in [0.25, 0.3) is 0 Å². The van der Waals surface area contributed by atoms with Crippen LogP contribution in [0, 0.1) is 0 Å². The fourth-order valence-corrected chi connectivity index (χ4v) is 1.54. The molecule has 1 aliphatic rings. The molecule has 0 bridgehead atoms. The first-order valence-corrected chi connectivity index (χ1v) is 4.58. The first-order valence-electron chi connectivity index (χ1n) is 4.58. The molecular formula is C9H17NO3. The van der Waals surface area contributed by atoms with Crippen molar-refractivity contribution in [1.29, 1.82) is 0 Å². The van der Waals surface area contributed by atoms with E-state index < -0.39 is 5.97 Å². The number of hydrogen-bond acceptors (Lipinski definition) is 3. The molecule has 0 aromatic carbocycles. The van der Waals surface area contributed by atoms with Crippen LogP contribution in [0.3, 0.4) is 0 Å². The Morgan fingerprint density at radius 2 is 2.23 bits per heavy atom. The number of carbonyl (C=O) groups is 1. The maximum atomic E-state index is 10.3. The van der Waals surface area contributed by atoms with Gasteiger partial charge in [0.15, 0.2) is 0 Å². The maximum absolute atomic E-state index is 10.3. The zero-order chi connectivity index (χ0) is 9.84. The molecule has 1 N–H and O–H groups in total. The summed E-state index contributed by atoms with van der Waals surface area (Å²) in [6.07, 6.45) is 2.68. The zero-order valence-corrected chi connectivity index (χ0v) is 8.19. The Kier molecular flexibility index (Phi) is 3.69. The fraction of sp³-hybridized carbons (Fsp3) is 0.889. The fourth-order valence-electron chi connectivity index (χ4n) is 1.54. The van der Waals surface area contributed by atoms with Crippen LogP contribution in [0.25, 0.3) is 0 Å². The molecule has 76 valence electrons. The van der Waals surface area contributed by atoms with Gasteiger partial charge >= 0.3 is 5.97 Å². The Labute approximate surface area is 78.5 Å². The van der Waals surface area contributed by atoms with Crippen LogP contribution in [0.5, 0.6) is 0 Å². The summed E-state index contributed by atoms with van der Waals surface area (Å²) >= 11 is 0. The lowest BCUT2D eigenvalue weighted by Crippen LogP contribution is -2.46. The summed E-state index contributed by atoms with van der Waals surface area (Å²) in [6, 6.07) is 0.518. The summed E-state index contributed by atoms with van der Waals surface area (Å²) in [5.74, 6) is -0.727. The molecule has 4 heteroatoms. The number of nitrogens with zero attached hydrogens (tertiary/aromatic N) is 1. The molecule has 0 unspecified atom stereocenters. The van der Waals surface area contributed by atoms with Gasteiger partial charge in [0.1, 0.15) is 0 Å². The van der Waals surface area contributed by atoms with Crippen LogP contribution in [0.2, 0.25) is 0 Å². The highest BCUT2D eigenvalue weighted by Crippen LogP contribution is 2.26. The SMILES string of the molecule is COC1CC(N(C)CCC(=O)O)C1. The number of methoxy groups -OCH3 is 1. The van der Waals surface area contributed by atoms with E-state index in [1.807, 2.05) is 7.05 Å². The van der Waals surface area contributed by atoms with Gasteiger partial charge in [-0.3, -0.25) is 4.79 Å². The third kappa shape index (κ3) is 2.97. The van der Waals surface area contributed by atoms with E-state index in [4.69, 9.17) is 9.84 Å². The van der Waals surface area contributed by atoms with Gasteiger partial charge in [-0.25, -0.2) is 0 Å².